The Balaban J connectivity index is 1.99. The largest absolute Gasteiger partial charge is 0.444 e. The van der Waals surface area contributed by atoms with Crippen molar-refractivity contribution in [3.8, 4) is 0 Å². The second-order valence-corrected chi connectivity index (χ2v) is 6.42. The third-order valence-corrected chi connectivity index (χ3v) is 4.39. The van der Waals surface area contributed by atoms with Crippen LogP contribution in [0.25, 0.3) is 0 Å². The number of aliphatic imine (C=N–C) groups is 1. The molecule has 0 aliphatic carbocycles. The standard InChI is InChI=1S/C19H27ClN4O/c1-5-15(16-7-9-17(20)10-8-16)11-22-19(21-6-2)23-12-18-24-13(3)14(4)25-18/h7-10,15H,5-6,11-12H2,1-4H3,(H2,21,22,23). The van der Waals surface area contributed by atoms with Crippen molar-refractivity contribution in [3.05, 3.63) is 52.2 Å². The van der Waals surface area contributed by atoms with Crippen molar-refractivity contribution >= 4 is 17.6 Å². The van der Waals surface area contributed by atoms with Gasteiger partial charge in [0.1, 0.15) is 12.3 Å². The fraction of sp³-hybridized carbons (Fsp3) is 0.474. The quantitative estimate of drug-likeness (QED) is 0.572. The topological polar surface area (TPSA) is 62.5 Å². The van der Waals surface area contributed by atoms with E-state index in [2.05, 4.69) is 39.7 Å². The van der Waals surface area contributed by atoms with Crippen molar-refractivity contribution in [1.29, 1.82) is 0 Å². The van der Waals surface area contributed by atoms with Crippen LogP contribution in [-0.4, -0.2) is 24.0 Å². The molecular weight excluding hydrogens is 336 g/mol. The Kier molecular flexibility index (Phi) is 7.31. The predicted octanol–water partition coefficient (Wildman–Crippen LogP) is 4.19. The SMILES string of the molecule is CCNC(=NCc1nc(C)c(C)o1)NCC(CC)c1ccc(Cl)cc1. The lowest BCUT2D eigenvalue weighted by molar-refractivity contribution is 0.472. The summed E-state index contributed by atoms with van der Waals surface area (Å²) in [5.74, 6) is 2.64. The number of nitrogens with zero attached hydrogens (tertiary/aromatic N) is 2. The molecule has 0 fully saturated rings. The maximum atomic E-state index is 5.98. The van der Waals surface area contributed by atoms with Gasteiger partial charge >= 0.3 is 0 Å². The van der Waals surface area contributed by atoms with E-state index in [4.69, 9.17) is 16.0 Å². The van der Waals surface area contributed by atoms with Crippen LogP contribution in [0.1, 0.15) is 49.1 Å². The van der Waals surface area contributed by atoms with Crippen molar-refractivity contribution in [2.45, 2.75) is 46.6 Å². The van der Waals surface area contributed by atoms with Crippen LogP contribution in [0, 0.1) is 13.8 Å². The molecule has 1 heterocycles. The second kappa shape index (κ2) is 9.47. The molecule has 2 aromatic rings. The molecule has 0 saturated heterocycles. The third-order valence-electron chi connectivity index (χ3n) is 4.14. The van der Waals surface area contributed by atoms with E-state index in [1.165, 1.54) is 5.56 Å². The summed E-state index contributed by atoms with van der Waals surface area (Å²) in [6.45, 7) is 10.1. The summed E-state index contributed by atoms with van der Waals surface area (Å²) in [6, 6.07) is 8.04. The van der Waals surface area contributed by atoms with Crippen molar-refractivity contribution in [1.82, 2.24) is 15.6 Å². The van der Waals surface area contributed by atoms with Crippen LogP contribution in [0.15, 0.2) is 33.7 Å². The van der Waals surface area contributed by atoms with E-state index in [1.807, 2.05) is 32.9 Å². The molecule has 6 heteroatoms. The van der Waals surface area contributed by atoms with E-state index in [0.717, 1.165) is 41.9 Å². The Bertz CT molecular complexity index is 674. The molecule has 0 amide bonds. The van der Waals surface area contributed by atoms with E-state index >= 15 is 0 Å². The van der Waals surface area contributed by atoms with Gasteiger partial charge in [-0.05, 0) is 44.9 Å². The van der Waals surface area contributed by atoms with Gasteiger partial charge in [0.25, 0.3) is 0 Å². The highest BCUT2D eigenvalue weighted by Crippen LogP contribution is 2.20. The Morgan fingerprint density at radius 3 is 2.48 bits per heavy atom. The first-order chi connectivity index (χ1) is 12.0. The minimum absolute atomic E-state index is 0.396. The fourth-order valence-electron chi connectivity index (χ4n) is 2.55. The highest BCUT2D eigenvalue weighted by Gasteiger charge is 2.11. The van der Waals surface area contributed by atoms with Gasteiger partial charge in [0.2, 0.25) is 5.89 Å². The lowest BCUT2D eigenvalue weighted by Gasteiger charge is -2.18. The van der Waals surface area contributed by atoms with Gasteiger partial charge in [0, 0.05) is 24.0 Å². The zero-order chi connectivity index (χ0) is 18.2. The van der Waals surface area contributed by atoms with Gasteiger partial charge in [0.15, 0.2) is 5.96 Å². The Hall–Kier alpha value is -2.01. The van der Waals surface area contributed by atoms with Gasteiger partial charge in [-0.1, -0.05) is 30.7 Å². The van der Waals surface area contributed by atoms with E-state index in [9.17, 15) is 0 Å². The van der Waals surface area contributed by atoms with Crippen molar-refractivity contribution in [2.75, 3.05) is 13.1 Å². The number of hydrogen-bond acceptors (Lipinski definition) is 3. The van der Waals surface area contributed by atoms with Gasteiger partial charge in [-0.2, -0.15) is 0 Å². The first-order valence-corrected chi connectivity index (χ1v) is 9.11. The molecule has 0 aliphatic rings. The minimum atomic E-state index is 0.396. The van der Waals surface area contributed by atoms with E-state index in [1.54, 1.807) is 0 Å². The van der Waals surface area contributed by atoms with Gasteiger partial charge in [-0.25, -0.2) is 9.98 Å². The number of halogens is 1. The van der Waals surface area contributed by atoms with Crippen LogP contribution in [0.4, 0.5) is 0 Å². The van der Waals surface area contributed by atoms with Crippen LogP contribution in [-0.2, 0) is 6.54 Å². The van der Waals surface area contributed by atoms with E-state index in [-0.39, 0.29) is 0 Å². The molecule has 0 saturated carbocycles. The smallest absolute Gasteiger partial charge is 0.216 e. The summed E-state index contributed by atoms with van der Waals surface area (Å²) in [7, 11) is 0. The van der Waals surface area contributed by atoms with E-state index in [0.29, 0.717) is 18.4 Å². The number of aromatic nitrogens is 1. The highest BCUT2D eigenvalue weighted by atomic mass is 35.5. The number of oxazole rings is 1. The van der Waals surface area contributed by atoms with E-state index < -0.39 is 0 Å². The monoisotopic (exact) mass is 362 g/mol. The van der Waals surface area contributed by atoms with Crippen LogP contribution in [0.2, 0.25) is 5.02 Å². The molecular formula is C19H27ClN4O. The zero-order valence-electron chi connectivity index (χ0n) is 15.4. The number of aryl methyl sites for hydroxylation is 2. The average Bonchev–Trinajstić information content (AvgIpc) is 2.92. The van der Waals surface area contributed by atoms with Crippen LogP contribution >= 0.6 is 11.6 Å². The lowest BCUT2D eigenvalue weighted by atomic mass is 9.96. The number of rotatable bonds is 7. The molecule has 0 aliphatic heterocycles. The number of benzene rings is 1. The molecule has 0 spiro atoms. The normalized spacial score (nSPS) is 12.9. The van der Waals surface area contributed by atoms with Crippen LogP contribution < -0.4 is 10.6 Å². The van der Waals surface area contributed by atoms with Crippen LogP contribution in [0.3, 0.4) is 0 Å². The van der Waals surface area contributed by atoms with Crippen molar-refractivity contribution in [3.63, 3.8) is 0 Å². The summed E-state index contributed by atoms with van der Waals surface area (Å²) in [5.41, 5.74) is 2.19. The van der Waals surface area contributed by atoms with Gasteiger partial charge in [0.05, 0.1) is 5.69 Å². The highest BCUT2D eigenvalue weighted by molar-refractivity contribution is 6.30. The molecule has 2 rings (SSSR count). The zero-order valence-corrected chi connectivity index (χ0v) is 16.2. The second-order valence-electron chi connectivity index (χ2n) is 5.98. The lowest BCUT2D eigenvalue weighted by Crippen LogP contribution is -2.39. The minimum Gasteiger partial charge on any atom is -0.444 e. The fourth-order valence-corrected chi connectivity index (χ4v) is 2.67. The molecule has 5 nitrogen and oxygen atoms in total. The van der Waals surface area contributed by atoms with Gasteiger partial charge in [-0.3, -0.25) is 0 Å². The number of hydrogen-bond donors (Lipinski definition) is 2. The Labute approximate surface area is 154 Å². The molecule has 136 valence electrons. The summed E-state index contributed by atoms with van der Waals surface area (Å²) in [4.78, 5) is 8.94. The number of guanidine groups is 1. The van der Waals surface area contributed by atoms with Crippen molar-refractivity contribution in [2.24, 2.45) is 4.99 Å². The average molecular weight is 363 g/mol. The maximum Gasteiger partial charge on any atom is 0.216 e. The molecule has 1 unspecified atom stereocenters. The molecule has 1 aromatic carbocycles. The predicted molar refractivity (Wildman–Crippen MR) is 103 cm³/mol. The molecule has 0 bridgehead atoms. The Morgan fingerprint density at radius 1 is 1.20 bits per heavy atom. The summed E-state index contributed by atoms with van der Waals surface area (Å²) in [6.07, 6.45) is 1.03. The van der Waals surface area contributed by atoms with Crippen LogP contribution in [0.5, 0.6) is 0 Å². The molecule has 25 heavy (non-hydrogen) atoms. The molecule has 2 N–H and O–H groups in total. The first kappa shape index (κ1) is 19.3. The summed E-state index contributed by atoms with van der Waals surface area (Å²) in [5, 5.41) is 7.44. The third kappa shape index (κ3) is 5.78. The first-order valence-electron chi connectivity index (χ1n) is 8.74. The molecule has 0 radical (unpaired) electrons. The maximum absolute atomic E-state index is 5.98. The Morgan fingerprint density at radius 2 is 1.92 bits per heavy atom. The summed E-state index contributed by atoms with van der Waals surface area (Å²) >= 11 is 5.98. The molecule has 1 aromatic heterocycles. The van der Waals surface area contributed by atoms with Gasteiger partial charge < -0.3 is 15.1 Å². The molecule has 1 atom stereocenters. The van der Waals surface area contributed by atoms with Gasteiger partial charge in [-0.15, -0.1) is 0 Å². The summed E-state index contributed by atoms with van der Waals surface area (Å²) < 4.78 is 5.58. The van der Waals surface area contributed by atoms with Crippen molar-refractivity contribution < 1.29 is 4.42 Å². The number of nitrogens with one attached hydrogen (secondary N) is 2.